The molecule has 0 N–H and O–H groups in total. The average molecular weight is 341 g/mol. The molecule has 1 saturated carbocycles. The number of allylic oxidation sites excluding steroid dienone is 2. The summed E-state index contributed by atoms with van der Waals surface area (Å²) in [5, 5.41) is 8.85. The van der Waals surface area contributed by atoms with Gasteiger partial charge in [0.15, 0.2) is 23.3 Å². The van der Waals surface area contributed by atoms with Gasteiger partial charge < -0.3 is 4.74 Å². The highest BCUT2D eigenvalue weighted by molar-refractivity contribution is 5.33. The Balaban J connectivity index is 2.37. The molecule has 1 aromatic carbocycles. The lowest BCUT2D eigenvalue weighted by Gasteiger charge is -2.12. The van der Waals surface area contributed by atoms with Crippen molar-refractivity contribution in [2.75, 3.05) is 7.11 Å². The summed E-state index contributed by atoms with van der Waals surface area (Å²) in [7, 11) is 1.18. The van der Waals surface area contributed by atoms with Gasteiger partial charge in [0.2, 0.25) is 0 Å². The fourth-order valence-electron chi connectivity index (χ4n) is 3.21. The number of hydrogen-bond donors (Lipinski definition) is 0. The number of methoxy groups -OCH3 is 1. The number of benzene rings is 1. The monoisotopic (exact) mass is 341 g/mol. The van der Waals surface area contributed by atoms with Gasteiger partial charge in [-0.2, -0.15) is 5.26 Å². The molecule has 0 bridgehead atoms. The lowest BCUT2D eigenvalue weighted by Crippen LogP contribution is -2.11. The molecule has 0 radical (unpaired) electrons. The molecule has 0 heterocycles. The highest BCUT2D eigenvalue weighted by atomic mass is 19.2. The molecule has 0 unspecified atom stereocenters. The zero-order valence-electron chi connectivity index (χ0n) is 14.0. The molecule has 1 fully saturated rings. The Morgan fingerprint density at radius 2 is 1.62 bits per heavy atom. The topological polar surface area (TPSA) is 33.0 Å². The molecule has 2 rings (SSSR count). The van der Waals surface area contributed by atoms with E-state index in [0.29, 0.717) is 5.57 Å². The van der Waals surface area contributed by atoms with E-state index in [1.54, 1.807) is 13.0 Å². The number of rotatable bonds is 5. The third-order valence-corrected chi connectivity index (χ3v) is 4.90. The van der Waals surface area contributed by atoms with Crippen molar-refractivity contribution >= 4 is 0 Å². The lowest BCUT2D eigenvalue weighted by molar-refractivity contribution is 0.175. The van der Waals surface area contributed by atoms with Gasteiger partial charge in [0.05, 0.1) is 18.2 Å². The molecule has 1 aromatic rings. The first-order chi connectivity index (χ1) is 11.2. The summed E-state index contributed by atoms with van der Waals surface area (Å²) in [6.07, 6.45) is 1.61. The number of nitrogens with zero attached hydrogens (tertiary/aromatic N) is 1. The molecule has 0 amide bonds. The Kier molecular flexibility index (Phi) is 5.05. The second-order valence-corrected chi connectivity index (χ2v) is 6.77. The van der Waals surface area contributed by atoms with Gasteiger partial charge in [0, 0.05) is 18.2 Å². The van der Waals surface area contributed by atoms with Crippen LogP contribution in [-0.4, -0.2) is 7.11 Å². The summed E-state index contributed by atoms with van der Waals surface area (Å²) in [4.78, 5) is 0. The molecule has 1 aliphatic rings. The number of nitriles is 1. The van der Waals surface area contributed by atoms with E-state index >= 15 is 0 Å². The zero-order valence-corrected chi connectivity index (χ0v) is 14.0. The maximum atomic E-state index is 14.2. The van der Waals surface area contributed by atoms with Crippen LogP contribution >= 0.6 is 0 Å². The van der Waals surface area contributed by atoms with E-state index < -0.39 is 41.0 Å². The van der Waals surface area contributed by atoms with Crippen LogP contribution in [0.2, 0.25) is 0 Å². The molecular formula is C18H19F4NO. The fraction of sp³-hybridized carbons (Fsp3) is 0.500. The smallest absolute Gasteiger partial charge is 0.167 e. The predicted molar refractivity (Wildman–Crippen MR) is 80.8 cm³/mol. The molecule has 24 heavy (non-hydrogen) atoms. The van der Waals surface area contributed by atoms with Crippen molar-refractivity contribution < 1.29 is 22.3 Å². The first-order valence-corrected chi connectivity index (χ1v) is 7.57. The summed E-state index contributed by atoms with van der Waals surface area (Å²) < 4.78 is 61.0. The molecule has 0 aromatic heterocycles. The van der Waals surface area contributed by atoms with Gasteiger partial charge >= 0.3 is 0 Å². The van der Waals surface area contributed by atoms with Crippen LogP contribution in [0.15, 0.2) is 11.6 Å². The van der Waals surface area contributed by atoms with Crippen molar-refractivity contribution in [3.05, 3.63) is 46.0 Å². The summed E-state index contributed by atoms with van der Waals surface area (Å²) >= 11 is 0. The highest BCUT2D eigenvalue weighted by Crippen LogP contribution is 2.60. The van der Waals surface area contributed by atoms with E-state index in [4.69, 9.17) is 5.26 Å². The van der Waals surface area contributed by atoms with Gasteiger partial charge in [-0.05, 0) is 30.6 Å². The molecule has 130 valence electrons. The van der Waals surface area contributed by atoms with Crippen LogP contribution in [0, 0.1) is 51.9 Å². The second kappa shape index (κ2) is 6.56. The molecule has 1 aliphatic carbocycles. The Hall–Kier alpha value is -1.87. The number of ether oxygens (including phenoxy) is 1. The average Bonchev–Trinajstić information content (AvgIpc) is 3.05. The third kappa shape index (κ3) is 3.05. The first kappa shape index (κ1) is 18.5. The van der Waals surface area contributed by atoms with E-state index in [0.717, 1.165) is 0 Å². The van der Waals surface area contributed by atoms with Gasteiger partial charge in [-0.15, -0.1) is 0 Å². The van der Waals surface area contributed by atoms with Gasteiger partial charge in [0.25, 0.3) is 0 Å². The van der Waals surface area contributed by atoms with Crippen LogP contribution in [0.25, 0.3) is 0 Å². The molecule has 0 aliphatic heterocycles. The molecule has 2 atom stereocenters. The largest absolute Gasteiger partial charge is 0.380 e. The van der Waals surface area contributed by atoms with Crippen LogP contribution in [0.3, 0.4) is 0 Å². The van der Waals surface area contributed by atoms with E-state index in [9.17, 15) is 17.6 Å². The quantitative estimate of drug-likeness (QED) is 0.443. The normalized spacial score (nSPS) is 22.4. The Labute approximate surface area is 138 Å². The maximum absolute atomic E-state index is 14.2. The van der Waals surface area contributed by atoms with Crippen LogP contribution in [0.1, 0.15) is 31.9 Å². The number of hydrogen-bond acceptors (Lipinski definition) is 2. The van der Waals surface area contributed by atoms with Gasteiger partial charge in [-0.3, -0.25) is 0 Å². The van der Waals surface area contributed by atoms with Crippen LogP contribution in [0.5, 0.6) is 0 Å². The summed E-state index contributed by atoms with van der Waals surface area (Å²) in [5.41, 5.74) is -1.13. The minimum Gasteiger partial charge on any atom is -0.380 e. The van der Waals surface area contributed by atoms with Crippen molar-refractivity contribution in [3.8, 4) is 6.07 Å². The second-order valence-electron chi connectivity index (χ2n) is 6.77. The molecule has 0 saturated heterocycles. The first-order valence-electron chi connectivity index (χ1n) is 7.57. The highest BCUT2D eigenvalue weighted by Gasteiger charge is 2.56. The number of halogens is 4. The van der Waals surface area contributed by atoms with Gasteiger partial charge in [-0.1, -0.05) is 19.9 Å². The van der Waals surface area contributed by atoms with Crippen LogP contribution in [0.4, 0.5) is 17.6 Å². The minimum absolute atomic E-state index is 0.0688. The van der Waals surface area contributed by atoms with E-state index in [1.165, 1.54) is 7.11 Å². The van der Waals surface area contributed by atoms with E-state index in [-0.39, 0.29) is 23.7 Å². The summed E-state index contributed by atoms with van der Waals surface area (Å²) in [6, 6.07) is 2.00. The van der Waals surface area contributed by atoms with E-state index in [2.05, 4.69) is 4.74 Å². The standard InChI is InChI=1S/C18H19F4NO/c1-9(7-23)5-12-13(18(12,2)3)6-10-14(19)16(21)11(8-24-4)17(22)15(10)20/h5,12-13H,6,8H2,1-4H3/t12-,13-/m1/s1. The SMILES string of the molecule is COCc1c(F)c(F)c(C[C@@H]2[C@@H](C=C(C)C#N)C2(C)C)c(F)c1F. The summed E-state index contributed by atoms with van der Waals surface area (Å²) in [6.45, 7) is 4.88. The molecular weight excluding hydrogens is 322 g/mol. The maximum Gasteiger partial charge on any atom is 0.167 e. The van der Waals surface area contributed by atoms with Gasteiger partial charge in [-0.25, -0.2) is 17.6 Å². The van der Waals surface area contributed by atoms with Crippen LogP contribution in [-0.2, 0) is 17.8 Å². The third-order valence-electron chi connectivity index (χ3n) is 4.90. The van der Waals surface area contributed by atoms with Crippen molar-refractivity contribution in [1.29, 1.82) is 5.26 Å². The summed E-state index contributed by atoms with van der Waals surface area (Å²) in [5.74, 6) is -5.83. The Morgan fingerprint density at radius 3 is 2.08 bits per heavy atom. The Morgan fingerprint density at radius 1 is 1.12 bits per heavy atom. The van der Waals surface area contributed by atoms with Crippen LogP contribution < -0.4 is 0 Å². The van der Waals surface area contributed by atoms with Gasteiger partial charge in [0.1, 0.15) is 0 Å². The van der Waals surface area contributed by atoms with Crippen molar-refractivity contribution in [2.45, 2.75) is 33.8 Å². The predicted octanol–water partition coefficient (Wildman–Crippen LogP) is 4.67. The van der Waals surface area contributed by atoms with Crippen molar-refractivity contribution in [3.63, 3.8) is 0 Å². The van der Waals surface area contributed by atoms with Crippen molar-refractivity contribution in [2.24, 2.45) is 17.3 Å². The molecule has 6 heteroatoms. The van der Waals surface area contributed by atoms with E-state index in [1.807, 2.05) is 19.9 Å². The fourth-order valence-corrected chi connectivity index (χ4v) is 3.21. The lowest BCUT2D eigenvalue weighted by atomic mass is 9.99. The Bertz CT molecular complexity index is 705. The molecule has 0 spiro atoms. The minimum atomic E-state index is -1.41. The zero-order chi connectivity index (χ0) is 18.2. The van der Waals surface area contributed by atoms with Crippen molar-refractivity contribution in [1.82, 2.24) is 0 Å². The molecule has 2 nitrogen and oxygen atoms in total.